The Morgan fingerprint density at radius 2 is 1.92 bits per heavy atom. The Bertz CT molecular complexity index is 1330. The molecule has 0 aliphatic carbocycles. The van der Waals surface area contributed by atoms with Crippen LogP contribution < -0.4 is 20.7 Å². The van der Waals surface area contributed by atoms with Gasteiger partial charge in [-0.15, -0.1) is 0 Å². The zero-order valence-electron chi connectivity index (χ0n) is 21.7. The first kappa shape index (κ1) is 25.9. The van der Waals surface area contributed by atoms with Crippen molar-refractivity contribution in [2.75, 3.05) is 23.7 Å². The molecule has 3 N–H and O–H groups in total. The lowest BCUT2D eigenvalue weighted by molar-refractivity contribution is 0.256. The van der Waals surface area contributed by atoms with Gasteiger partial charge in [-0.25, -0.2) is 4.98 Å². The number of ether oxygens (including phenoxy) is 1. The molecular weight excluding hydrogens is 506 g/mol. The van der Waals surface area contributed by atoms with Crippen LogP contribution in [0.2, 0.25) is 5.02 Å². The van der Waals surface area contributed by atoms with Gasteiger partial charge in [0, 0.05) is 17.2 Å². The molecule has 3 aromatic rings. The highest BCUT2D eigenvalue weighted by Crippen LogP contribution is 2.45. The molecule has 0 spiro atoms. The number of aromatic nitrogens is 2. The lowest BCUT2D eigenvalue weighted by Crippen LogP contribution is -2.27. The molecule has 2 aliphatic heterocycles. The smallest absolute Gasteiger partial charge is 0.229 e. The molecule has 196 valence electrons. The second-order valence-corrected chi connectivity index (χ2v) is 12.5. The molecule has 1 fully saturated rings. The van der Waals surface area contributed by atoms with Crippen molar-refractivity contribution in [1.82, 2.24) is 15.3 Å². The zero-order valence-corrected chi connectivity index (χ0v) is 23.3. The summed E-state index contributed by atoms with van der Waals surface area (Å²) in [5, 5.41) is 10.5. The van der Waals surface area contributed by atoms with Gasteiger partial charge < -0.3 is 20.7 Å². The largest absolute Gasteiger partial charge is 0.488 e. The normalized spacial score (nSPS) is 18.4. The van der Waals surface area contributed by atoms with E-state index in [0.717, 1.165) is 43.8 Å². The SMILES string of the molecule is Cc1cc(Nc2ncc(Cl)c(Nc3ccccc3S(=O)C(C)C)n2)c2c(c1C1CCNCC1)CC(C)O2. The summed E-state index contributed by atoms with van der Waals surface area (Å²) in [6.45, 7) is 10.3. The third-order valence-electron chi connectivity index (χ3n) is 6.96. The quantitative estimate of drug-likeness (QED) is 0.328. The molecule has 3 heterocycles. The molecule has 2 atom stereocenters. The van der Waals surface area contributed by atoms with Crippen LogP contribution in [0.1, 0.15) is 56.2 Å². The van der Waals surface area contributed by atoms with E-state index in [0.29, 0.717) is 33.3 Å². The van der Waals surface area contributed by atoms with Crippen LogP contribution in [-0.4, -0.2) is 38.6 Å². The Kier molecular flexibility index (Phi) is 7.70. The fraction of sp³-hybridized carbons (Fsp3) is 0.429. The maximum Gasteiger partial charge on any atom is 0.229 e. The van der Waals surface area contributed by atoms with Gasteiger partial charge in [0.2, 0.25) is 5.95 Å². The summed E-state index contributed by atoms with van der Waals surface area (Å²) in [5.41, 5.74) is 5.59. The minimum Gasteiger partial charge on any atom is -0.488 e. The van der Waals surface area contributed by atoms with Crippen molar-refractivity contribution in [3.63, 3.8) is 0 Å². The van der Waals surface area contributed by atoms with E-state index in [-0.39, 0.29) is 11.4 Å². The van der Waals surface area contributed by atoms with Crippen molar-refractivity contribution in [2.24, 2.45) is 0 Å². The van der Waals surface area contributed by atoms with Crippen LogP contribution in [0.3, 0.4) is 0 Å². The average molecular weight is 540 g/mol. The van der Waals surface area contributed by atoms with Gasteiger partial charge in [-0.1, -0.05) is 37.6 Å². The average Bonchev–Trinajstić information content (AvgIpc) is 3.27. The minimum absolute atomic E-state index is 0.0124. The fourth-order valence-corrected chi connectivity index (χ4v) is 6.48. The van der Waals surface area contributed by atoms with E-state index in [2.05, 4.69) is 45.8 Å². The molecule has 0 saturated carbocycles. The molecule has 0 amide bonds. The van der Waals surface area contributed by atoms with Crippen LogP contribution in [0.15, 0.2) is 41.4 Å². The summed E-state index contributed by atoms with van der Waals surface area (Å²) < 4.78 is 19.1. The minimum atomic E-state index is -1.16. The molecule has 5 rings (SSSR count). The first-order valence-electron chi connectivity index (χ1n) is 12.9. The summed E-state index contributed by atoms with van der Waals surface area (Å²) in [4.78, 5) is 9.81. The maximum atomic E-state index is 12.8. The van der Waals surface area contributed by atoms with Crippen molar-refractivity contribution in [3.05, 3.63) is 58.2 Å². The molecule has 0 bridgehead atoms. The Hall–Kier alpha value is -2.68. The molecule has 9 heteroatoms. The number of anilines is 4. The highest BCUT2D eigenvalue weighted by molar-refractivity contribution is 7.85. The van der Waals surface area contributed by atoms with Crippen LogP contribution in [0.5, 0.6) is 5.75 Å². The van der Waals surface area contributed by atoms with E-state index in [4.69, 9.17) is 16.3 Å². The van der Waals surface area contributed by atoms with Gasteiger partial charge in [-0.05, 0) is 75.0 Å². The number of fused-ring (bicyclic) bond motifs is 1. The third kappa shape index (κ3) is 5.47. The lowest BCUT2D eigenvalue weighted by atomic mass is 9.83. The number of hydrogen-bond acceptors (Lipinski definition) is 7. The van der Waals surface area contributed by atoms with E-state index in [1.807, 2.05) is 38.1 Å². The second kappa shape index (κ2) is 11.0. The molecule has 37 heavy (non-hydrogen) atoms. The highest BCUT2D eigenvalue weighted by Gasteiger charge is 2.31. The Balaban J connectivity index is 1.46. The van der Waals surface area contributed by atoms with Crippen molar-refractivity contribution in [3.8, 4) is 5.75 Å². The predicted molar refractivity (Wildman–Crippen MR) is 151 cm³/mol. The molecule has 1 aromatic heterocycles. The number of hydrogen-bond donors (Lipinski definition) is 3. The summed E-state index contributed by atoms with van der Waals surface area (Å²) >= 11 is 6.47. The molecule has 1 saturated heterocycles. The van der Waals surface area contributed by atoms with Crippen molar-refractivity contribution in [2.45, 2.75) is 69.1 Å². The Morgan fingerprint density at radius 3 is 2.68 bits per heavy atom. The third-order valence-corrected chi connectivity index (χ3v) is 8.89. The number of para-hydroxylation sites is 1. The first-order valence-corrected chi connectivity index (χ1v) is 14.5. The van der Waals surface area contributed by atoms with Gasteiger partial charge in [-0.2, -0.15) is 4.98 Å². The standard InChI is InChI=1S/C28H34ClN5O2S/c1-16(2)37(35)24-8-6-5-7-22(24)32-27-21(29)15-31-28(34-27)33-23-13-17(3)25(19-9-11-30-12-10-19)20-14-18(4)36-26(20)23/h5-8,13,15-16,18-19,30H,9-12,14H2,1-4H3,(H2,31,32,33,34). The number of aryl methyl sites for hydroxylation is 1. The highest BCUT2D eigenvalue weighted by atomic mass is 35.5. The Morgan fingerprint density at radius 1 is 1.16 bits per heavy atom. The molecular formula is C28H34ClN5O2S. The van der Waals surface area contributed by atoms with Gasteiger partial charge in [0.25, 0.3) is 0 Å². The van der Waals surface area contributed by atoms with Crippen molar-refractivity contribution >= 4 is 45.5 Å². The van der Waals surface area contributed by atoms with Gasteiger partial charge in [0.15, 0.2) is 5.82 Å². The van der Waals surface area contributed by atoms with Crippen LogP contribution in [0.4, 0.5) is 23.1 Å². The molecule has 2 aromatic carbocycles. The van der Waals surface area contributed by atoms with Crippen molar-refractivity contribution < 1.29 is 8.95 Å². The van der Waals surface area contributed by atoms with Crippen LogP contribution in [0, 0.1) is 6.92 Å². The summed E-state index contributed by atoms with van der Waals surface area (Å²) in [7, 11) is -1.16. The summed E-state index contributed by atoms with van der Waals surface area (Å²) in [6, 6.07) is 9.67. The Labute approximate surface area is 226 Å². The van der Waals surface area contributed by atoms with Gasteiger partial charge in [0.05, 0.1) is 33.3 Å². The number of nitrogens with zero attached hydrogens (tertiary/aromatic N) is 2. The number of piperidine rings is 1. The van der Waals surface area contributed by atoms with Crippen LogP contribution in [-0.2, 0) is 17.2 Å². The predicted octanol–water partition coefficient (Wildman–Crippen LogP) is 6.23. The maximum absolute atomic E-state index is 12.8. The van der Waals surface area contributed by atoms with Gasteiger partial charge in [0.1, 0.15) is 16.9 Å². The summed E-state index contributed by atoms with van der Waals surface area (Å²) in [5.74, 6) is 2.31. The van der Waals surface area contributed by atoms with E-state index in [1.165, 1.54) is 16.7 Å². The molecule has 2 aliphatic rings. The number of halogens is 1. The van der Waals surface area contributed by atoms with Gasteiger partial charge in [-0.3, -0.25) is 4.21 Å². The monoisotopic (exact) mass is 539 g/mol. The van der Waals surface area contributed by atoms with E-state index >= 15 is 0 Å². The van der Waals surface area contributed by atoms with Gasteiger partial charge >= 0.3 is 0 Å². The lowest BCUT2D eigenvalue weighted by Gasteiger charge is -2.27. The second-order valence-electron chi connectivity index (χ2n) is 10.1. The molecule has 2 unspecified atom stereocenters. The number of nitrogens with one attached hydrogen (secondary N) is 3. The van der Waals surface area contributed by atoms with E-state index in [9.17, 15) is 4.21 Å². The van der Waals surface area contributed by atoms with E-state index < -0.39 is 10.8 Å². The number of rotatable bonds is 7. The number of benzene rings is 2. The first-order chi connectivity index (χ1) is 17.8. The van der Waals surface area contributed by atoms with Crippen LogP contribution in [0.25, 0.3) is 0 Å². The topological polar surface area (TPSA) is 88.2 Å². The van der Waals surface area contributed by atoms with E-state index in [1.54, 1.807) is 6.20 Å². The molecule has 0 radical (unpaired) electrons. The summed E-state index contributed by atoms with van der Waals surface area (Å²) in [6.07, 6.45) is 4.89. The van der Waals surface area contributed by atoms with Crippen molar-refractivity contribution in [1.29, 1.82) is 0 Å². The van der Waals surface area contributed by atoms with Crippen LogP contribution >= 0.6 is 11.6 Å². The zero-order chi connectivity index (χ0) is 26.1. The molecule has 7 nitrogen and oxygen atoms in total. The fourth-order valence-electron chi connectivity index (χ4n) is 5.28.